The molecule has 1 heterocycles. The molecule has 0 bridgehead atoms. The smallest absolute Gasteiger partial charge is 0.338 e. The van der Waals surface area contributed by atoms with Gasteiger partial charge >= 0.3 is 5.97 Å². The number of ether oxygens (including phenoxy) is 1. The summed E-state index contributed by atoms with van der Waals surface area (Å²) in [5.41, 5.74) is -0.152. The highest BCUT2D eigenvalue weighted by atomic mass is 19.1. The molecule has 0 aliphatic heterocycles. The molecule has 0 spiro atoms. The van der Waals surface area contributed by atoms with Crippen LogP contribution in [0.2, 0.25) is 0 Å². The highest BCUT2D eigenvalue weighted by molar-refractivity contribution is 5.88. The Kier molecular flexibility index (Phi) is 4.34. The van der Waals surface area contributed by atoms with Crippen LogP contribution in [0.4, 0.5) is 4.39 Å². The Hall–Kier alpha value is -2.37. The molecule has 0 atom stereocenters. The number of carboxylic acid groups (broad SMARTS) is 1. The number of aryl methyl sites for hydroxylation is 1. The molecule has 0 unspecified atom stereocenters. The Morgan fingerprint density at radius 1 is 1.50 bits per heavy atom. The van der Waals surface area contributed by atoms with Crippen molar-refractivity contribution in [1.82, 2.24) is 9.78 Å². The van der Waals surface area contributed by atoms with Gasteiger partial charge in [-0.3, -0.25) is 4.68 Å². The first-order chi connectivity index (χ1) is 9.61. The van der Waals surface area contributed by atoms with Crippen LogP contribution in [0.1, 0.15) is 29.3 Å². The van der Waals surface area contributed by atoms with E-state index in [4.69, 9.17) is 9.84 Å². The summed E-state index contributed by atoms with van der Waals surface area (Å²) in [6.07, 6.45) is 4.23. The molecule has 0 aliphatic rings. The van der Waals surface area contributed by atoms with Crippen molar-refractivity contribution < 1.29 is 19.0 Å². The molecule has 0 saturated carbocycles. The number of aromatic carboxylic acids is 1. The summed E-state index contributed by atoms with van der Waals surface area (Å²) in [6.45, 7) is 2.78. The Balaban J connectivity index is 2.06. The minimum atomic E-state index is -1.29. The van der Waals surface area contributed by atoms with Crippen LogP contribution in [0.15, 0.2) is 30.6 Å². The van der Waals surface area contributed by atoms with Gasteiger partial charge < -0.3 is 9.84 Å². The van der Waals surface area contributed by atoms with E-state index in [1.807, 2.05) is 6.92 Å². The molecule has 0 aliphatic carbocycles. The van der Waals surface area contributed by atoms with Crippen LogP contribution in [0, 0.1) is 5.82 Å². The zero-order valence-electron chi connectivity index (χ0n) is 11.0. The molecule has 2 rings (SSSR count). The summed E-state index contributed by atoms with van der Waals surface area (Å²) in [6, 6.07) is 4.21. The minimum absolute atomic E-state index is 0.0369. The van der Waals surface area contributed by atoms with Crippen LogP contribution in [0.25, 0.3) is 0 Å². The molecule has 1 aromatic carbocycles. The first kappa shape index (κ1) is 14.0. The molecule has 0 amide bonds. The highest BCUT2D eigenvalue weighted by Gasteiger charge is 2.14. The van der Waals surface area contributed by atoms with Gasteiger partial charge in [0.15, 0.2) is 5.75 Å². The number of rotatable bonds is 6. The molecule has 20 heavy (non-hydrogen) atoms. The van der Waals surface area contributed by atoms with Gasteiger partial charge in [0.25, 0.3) is 0 Å². The van der Waals surface area contributed by atoms with Crippen molar-refractivity contribution in [3.05, 3.63) is 47.5 Å². The van der Waals surface area contributed by atoms with Crippen molar-refractivity contribution in [3.8, 4) is 5.75 Å². The second-order valence-corrected chi connectivity index (χ2v) is 4.31. The second kappa shape index (κ2) is 6.18. The van der Waals surface area contributed by atoms with E-state index in [-0.39, 0.29) is 17.7 Å². The maximum Gasteiger partial charge on any atom is 0.338 e. The minimum Gasteiger partial charge on any atom is -0.486 e. The van der Waals surface area contributed by atoms with Gasteiger partial charge in [-0.1, -0.05) is 19.1 Å². The van der Waals surface area contributed by atoms with Gasteiger partial charge in [0.05, 0.1) is 18.0 Å². The van der Waals surface area contributed by atoms with Crippen LogP contribution in [0.5, 0.6) is 5.75 Å². The average molecular weight is 278 g/mol. The zero-order chi connectivity index (χ0) is 14.5. The van der Waals surface area contributed by atoms with Crippen LogP contribution in [0.3, 0.4) is 0 Å². The summed E-state index contributed by atoms with van der Waals surface area (Å²) in [7, 11) is 0. The van der Waals surface area contributed by atoms with E-state index < -0.39 is 11.8 Å². The number of carboxylic acids is 1. The second-order valence-electron chi connectivity index (χ2n) is 4.31. The standard InChI is InChI=1S/C14H15FN2O3/c1-2-6-17-8-11(7-16-17)20-9-10-4-3-5-12(13(10)15)14(18)19/h3-5,7-8H,2,6,9H2,1H3,(H,18,19). The molecular weight excluding hydrogens is 263 g/mol. The lowest BCUT2D eigenvalue weighted by atomic mass is 10.1. The van der Waals surface area contributed by atoms with Crippen molar-refractivity contribution in [2.45, 2.75) is 26.5 Å². The first-order valence-electron chi connectivity index (χ1n) is 6.27. The predicted octanol–water partition coefficient (Wildman–Crippen LogP) is 2.71. The maximum atomic E-state index is 13.9. The Morgan fingerprint density at radius 2 is 2.30 bits per heavy atom. The van der Waals surface area contributed by atoms with Crippen LogP contribution in [-0.2, 0) is 13.2 Å². The van der Waals surface area contributed by atoms with E-state index in [1.54, 1.807) is 17.1 Å². The van der Waals surface area contributed by atoms with Gasteiger partial charge in [0.1, 0.15) is 12.4 Å². The van der Waals surface area contributed by atoms with Gasteiger partial charge in [0, 0.05) is 12.1 Å². The van der Waals surface area contributed by atoms with Gasteiger partial charge in [-0.05, 0) is 12.5 Å². The number of nitrogens with zero attached hydrogens (tertiary/aromatic N) is 2. The maximum absolute atomic E-state index is 13.9. The van der Waals surface area contributed by atoms with Crippen molar-refractivity contribution in [2.75, 3.05) is 0 Å². The quantitative estimate of drug-likeness (QED) is 0.882. The zero-order valence-corrected chi connectivity index (χ0v) is 11.0. The van der Waals surface area contributed by atoms with Crippen molar-refractivity contribution in [1.29, 1.82) is 0 Å². The largest absolute Gasteiger partial charge is 0.486 e. The summed E-state index contributed by atoms with van der Waals surface area (Å²) in [5, 5.41) is 12.9. The van der Waals surface area contributed by atoms with Crippen molar-refractivity contribution >= 4 is 5.97 Å². The molecule has 5 nitrogen and oxygen atoms in total. The number of halogens is 1. The fourth-order valence-corrected chi connectivity index (χ4v) is 1.79. The third kappa shape index (κ3) is 3.14. The summed E-state index contributed by atoms with van der Waals surface area (Å²) in [4.78, 5) is 10.8. The number of hydrogen-bond donors (Lipinski definition) is 1. The van der Waals surface area contributed by atoms with Gasteiger partial charge in [-0.2, -0.15) is 5.10 Å². The molecule has 2 aromatic rings. The van der Waals surface area contributed by atoms with Crippen LogP contribution < -0.4 is 4.74 Å². The van der Waals surface area contributed by atoms with E-state index >= 15 is 0 Å². The third-order valence-corrected chi connectivity index (χ3v) is 2.77. The Labute approximate surface area is 115 Å². The monoisotopic (exact) mass is 278 g/mol. The number of hydrogen-bond acceptors (Lipinski definition) is 3. The van der Waals surface area contributed by atoms with E-state index in [2.05, 4.69) is 5.10 Å². The molecule has 6 heteroatoms. The number of benzene rings is 1. The predicted molar refractivity (Wildman–Crippen MR) is 70.2 cm³/mol. The summed E-state index contributed by atoms with van der Waals surface area (Å²) in [5.74, 6) is -1.53. The Bertz CT molecular complexity index is 610. The van der Waals surface area contributed by atoms with E-state index in [1.165, 1.54) is 18.2 Å². The summed E-state index contributed by atoms with van der Waals surface area (Å²) < 4.78 is 21.0. The third-order valence-electron chi connectivity index (χ3n) is 2.77. The normalized spacial score (nSPS) is 10.5. The number of aromatic nitrogens is 2. The molecule has 1 N–H and O–H groups in total. The molecule has 0 fully saturated rings. The van der Waals surface area contributed by atoms with Gasteiger partial charge in [-0.25, -0.2) is 9.18 Å². The highest BCUT2D eigenvalue weighted by Crippen LogP contribution is 2.16. The van der Waals surface area contributed by atoms with E-state index in [0.717, 1.165) is 13.0 Å². The van der Waals surface area contributed by atoms with E-state index in [0.29, 0.717) is 5.75 Å². The topological polar surface area (TPSA) is 64.3 Å². The number of carbonyl (C=O) groups is 1. The fraction of sp³-hybridized carbons (Fsp3) is 0.286. The lowest BCUT2D eigenvalue weighted by molar-refractivity contribution is 0.0691. The van der Waals surface area contributed by atoms with Gasteiger partial charge in [-0.15, -0.1) is 0 Å². The van der Waals surface area contributed by atoms with Crippen molar-refractivity contribution in [3.63, 3.8) is 0 Å². The summed E-state index contributed by atoms with van der Waals surface area (Å²) >= 11 is 0. The molecular formula is C14H15FN2O3. The lowest BCUT2D eigenvalue weighted by Gasteiger charge is -2.06. The lowest BCUT2D eigenvalue weighted by Crippen LogP contribution is -2.05. The molecule has 1 aromatic heterocycles. The van der Waals surface area contributed by atoms with Crippen molar-refractivity contribution in [2.24, 2.45) is 0 Å². The Morgan fingerprint density at radius 3 is 3.00 bits per heavy atom. The SMILES string of the molecule is CCCn1cc(OCc2cccc(C(=O)O)c2F)cn1. The van der Waals surface area contributed by atoms with Crippen LogP contribution in [-0.4, -0.2) is 20.9 Å². The first-order valence-corrected chi connectivity index (χ1v) is 6.27. The average Bonchev–Trinajstić information content (AvgIpc) is 2.85. The van der Waals surface area contributed by atoms with Gasteiger partial charge in [0.2, 0.25) is 0 Å². The molecule has 106 valence electrons. The molecule has 0 saturated heterocycles. The molecule has 0 radical (unpaired) electrons. The van der Waals surface area contributed by atoms with Crippen LogP contribution >= 0.6 is 0 Å². The fourth-order valence-electron chi connectivity index (χ4n) is 1.79. The van der Waals surface area contributed by atoms with E-state index in [9.17, 15) is 9.18 Å².